The van der Waals surface area contributed by atoms with Gasteiger partial charge in [-0.05, 0) is 43.9 Å². The Morgan fingerprint density at radius 3 is 2.19 bits per heavy atom. The molecule has 1 aromatic carbocycles. The van der Waals surface area contributed by atoms with Gasteiger partial charge in [0.15, 0.2) is 0 Å². The molecule has 0 bridgehead atoms. The summed E-state index contributed by atoms with van der Waals surface area (Å²) in [4.78, 5) is 0. The molecule has 0 aromatic heterocycles. The summed E-state index contributed by atoms with van der Waals surface area (Å²) in [6.07, 6.45) is -2.47. The van der Waals surface area contributed by atoms with Crippen LogP contribution in [0.5, 0.6) is 0 Å². The first kappa shape index (κ1) is 13.0. The summed E-state index contributed by atoms with van der Waals surface area (Å²) in [5.41, 5.74) is 0.250. The minimum absolute atomic E-state index is 0.352. The molecular formula is C12H15F3O. The quantitative estimate of drug-likeness (QED) is 0.843. The van der Waals surface area contributed by atoms with Gasteiger partial charge >= 0.3 is 6.18 Å². The minimum atomic E-state index is -4.27. The number of aryl methyl sites for hydroxylation is 1. The Kier molecular flexibility index (Phi) is 4.35. The molecule has 1 aromatic rings. The van der Waals surface area contributed by atoms with Crippen molar-refractivity contribution < 1.29 is 18.3 Å². The first-order chi connectivity index (χ1) is 7.39. The average molecular weight is 232 g/mol. The van der Waals surface area contributed by atoms with Gasteiger partial charge in [0.05, 0.1) is 11.7 Å². The Balaban J connectivity index is 2.52. The predicted molar refractivity (Wildman–Crippen MR) is 56.1 cm³/mol. The van der Waals surface area contributed by atoms with Gasteiger partial charge in [-0.2, -0.15) is 13.2 Å². The maximum Gasteiger partial charge on any atom is 0.416 e. The van der Waals surface area contributed by atoms with Gasteiger partial charge in [-0.15, -0.1) is 0 Å². The molecule has 1 N–H and O–H groups in total. The van der Waals surface area contributed by atoms with Crippen LogP contribution in [-0.2, 0) is 12.6 Å². The number of aliphatic hydroxyl groups is 1. The van der Waals surface area contributed by atoms with Crippen LogP contribution in [0.2, 0.25) is 0 Å². The third kappa shape index (κ3) is 4.23. The normalized spacial score (nSPS) is 13.8. The van der Waals surface area contributed by atoms with E-state index in [4.69, 9.17) is 5.11 Å². The SMILES string of the molecule is CC(O)CCCc1ccc(C(F)(F)F)cc1. The van der Waals surface area contributed by atoms with Crippen LogP contribution >= 0.6 is 0 Å². The molecule has 0 aliphatic heterocycles. The van der Waals surface area contributed by atoms with E-state index in [-0.39, 0.29) is 6.10 Å². The van der Waals surface area contributed by atoms with Crippen molar-refractivity contribution >= 4 is 0 Å². The number of benzene rings is 1. The Hall–Kier alpha value is -1.03. The second-order valence-corrected chi connectivity index (χ2v) is 3.94. The number of aliphatic hydroxyl groups excluding tert-OH is 1. The fourth-order valence-corrected chi connectivity index (χ4v) is 1.46. The van der Waals surface area contributed by atoms with Crippen molar-refractivity contribution in [2.75, 3.05) is 0 Å². The summed E-state index contributed by atoms with van der Waals surface area (Å²) in [6, 6.07) is 5.17. The number of rotatable bonds is 4. The van der Waals surface area contributed by atoms with Crippen LogP contribution in [0.25, 0.3) is 0 Å². The largest absolute Gasteiger partial charge is 0.416 e. The van der Waals surface area contributed by atoms with Crippen molar-refractivity contribution in [1.29, 1.82) is 0 Å². The van der Waals surface area contributed by atoms with Crippen LogP contribution in [0.4, 0.5) is 13.2 Å². The molecule has 16 heavy (non-hydrogen) atoms. The highest BCUT2D eigenvalue weighted by Gasteiger charge is 2.29. The van der Waals surface area contributed by atoms with Crippen LogP contribution in [0.1, 0.15) is 30.9 Å². The number of alkyl halides is 3. The Labute approximate surface area is 92.9 Å². The molecule has 1 atom stereocenters. The molecule has 1 unspecified atom stereocenters. The van der Waals surface area contributed by atoms with Gasteiger partial charge in [0.1, 0.15) is 0 Å². The van der Waals surface area contributed by atoms with E-state index in [0.717, 1.165) is 24.1 Å². The van der Waals surface area contributed by atoms with Gasteiger partial charge in [0, 0.05) is 0 Å². The monoisotopic (exact) mass is 232 g/mol. The van der Waals surface area contributed by atoms with E-state index in [0.29, 0.717) is 12.8 Å². The molecule has 1 nitrogen and oxygen atoms in total. The third-order valence-corrected chi connectivity index (χ3v) is 2.37. The fourth-order valence-electron chi connectivity index (χ4n) is 1.46. The molecule has 0 saturated carbocycles. The van der Waals surface area contributed by atoms with Crippen molar-refractivity contribution in [2.45, 2.75) is 38.5 Å². The number of hydrogen-bond acceptors (Lipinski definition) is 1. The molecule has 90 valence electrons. The van der Waals surface area contributed by atoms with Gasteiger partial charge in [-0.3, -0.25) is 0 Å². The first-order valence-electron chi connectivity index (χ1n) is 5.24. The van der Waals surface area contributed by atoms with Gasteiger partial charge in [0.2, 0.25) is 0 Å². The Bertz CT molecular complexity index is 314. The van der Waals surface area contributed by atoms with E-state index in [1.807, 2.05) is 0 Å². The predicted octanol–water partition coefficient (Wildman–Crippen LogP) is 3.41. The molecule has 0 aliphatic carbocycles. The van der Waals surface area contributed by atoms with E-state index in [9.17, 15) is 13.2 Å². The molecule has 0 aliphatic rings. The zero-order valence-electron chi connectivity index (χ0n) is 9.09. The summed E-state index contributed by atoms with van der Waals surface area (Å²) >= 11 is 0. The molecule has 0 amide bonds. The maximum atomic E-state index is 12.2. The fraction of sp³-hybridized carbons (Fsp3) is 0.500. The topological polar surface area (TPSA) is 20.2 Å². The smallest absolute Gasteiger partial charge is 0.393 e. The molecule has 0 spiro atoms. The van der Waals surface area contributed by atoms with Crippen LogP contribution in [-0.4, -0.2) is 11.2 Å². The van der Waals surface area contributed by atoms with Gasteiger partial charge in [-0.25, -0.2) is 0 Å². The molecule has 1 rings (SSSR count). The van der Waals surface area contributed by atoms with E-state index < -0.39 is 11.7 Å². The average Bonchev–Trinajstić information content (AvgIpc) is 2.16. The van der Waals surface area contributed by atoms with Gasteiger partial charge in [0.25, 0.3) is 0 Å². The van der Waals surface area contributed by atoms with Crippen LogP contribution in [0.15, 0.2) is 24.3 Å². The van der Waals surface area contributed by atoms with Gasteiger partial charge in [-0.1, -0.05) is 12.1 Å². The summed E-state index contributed by atoms with van der Waals surface area (Å²) < 4.78 is 36.7. The summed E-state index contributed by atoms with van der Waals surface area (Å²) in [5.74, 6) is 0. The van der Waals surface area contributed by atoms with Crippen molar-refractivity contribution in [1.82, 2.24) is 0 Å². The zero-order chi connectivity index (χ0) is 12.2. The van der Waals surface area contributed by atoms with Gasteiger partial charge < -0.3 is 5.11 Å². The molecule has 0 fully saturated rings. The lowest BCUT2D eigenvalue weighted by atomic mass is 10.0. The Morgan fingerprint density at radius 1 is 1.19 bits per heavy atom. The van der Waals surface area contributed by atoms with Crippen molar-refractivity contribution in [3.05, 3.63) is 35.4 Å². The Morgan fingerprint density at radius 2 is 1.75 bits per heavy atom. The lowest BCUT2D eigenvalue weighted by Gasteiger charge is -2.08. The summed E-state index contributed by atoms with van der Waals surface area (Å²) in [6.45, 7) is 1.70. The van der Waals surface area contributed by atoms with Crippen LogP contribution < -0.4 is 0 Å². The van der Waals surface area contributed by atoms with Crippen LogP contribution in [0, 0.1) is 0 Å². The lowest BCUT2D eigenvalue weighted by Crippen LogP contribution is -2.04. The highest BCUT2D eigenvalue weighted by molar-refractivity contribution is 5.24. The second-order valence-electron chi connectivity index (χ2n) is 3.94. The zero-order valence-corrected chi connectivity index (χ0v) is 9.09. The highest BCUT2D eigenvalue weighted by atomic mass is 19.4. The number of halogens is 3. The third-order valence-electron chi connectivity index (χ3n) is 2.37. The molecule has 0 heterocycles. The van der Waals surface area contributed by atoms with Crippen LogP contribution in [0.3, 0.4) is 0 Å². The molecule has 0 saturated heterocycles. The van der Waals surface area contributed by atoms with Crippen molar-refractivity contribution in [3.8, 4) is 0 Å². The molecule has 0 radical (unpaired) electrons. The standard InChI is InChI=1S/C12H15F3O/c1-9(16)3-2-4-10-5-7-11(8-6-10)12(13,14)15/h5-9,16H,2-4H2,1H3. The summed E-state index contributed by atoms with van der Waals surface area (Å²) in [5, 5.41) is 9.03. The maximum absolute atomic E-state index is 12.2. The van der Waals surface area contributed by atoms with E-state index in [1.165, 1.54) is 12.1 Å². The molecule has 4 heteroatoms. The van der Waals surface area contributed by atoms with E-state index >= 15 is 0 Å². The highest BCUT2D eigenvalue weighted by Crippen LogP contribution is 2.29. The van der Waals surface area contributed by atoms with Crippen molar-refractivity contribution in [2.24, 2.45) is 0 Å². The summed E-state index contributed by atoms with van der Waals surface area (Å²) in [7, 11) is 0. The number of hydrogen-bond donors (Lipinski definition) is 1. The van der Waals surface area contributed by atoms with Crippen molar-refractivity contribution in [3.63, 3.8) is 0 Å². The molecular weight excluding hydrogens is 217 g/mol. The lowest BCUT2D eigenvalue weighted by molar-refractivity contribution is -0.137. The minimum Gasteiger partial charge on any atom is -0.393 e. The first-order valence-corrected chi connectivity index (χ1v) is 5.24. The second kappa shape index (κ2) is 5.34. The van der Waals surface area contributed by atoms with E-state index in [1.54, 1.807) is 6.92 Å². The van der Waals surface area contributed by atoms with E-state index in [2.05, 4.69) is 0 Å².